The molecule has 2 fully saturated rings. The molecule has 1 aromatic carbocycles. The van der Waals surface area contributed by atoms with E-state index in [1.54, 1.807) is 24.1 Å². The van der Waals surface area contributed by atoms with Crippen LogP contribution in [0.25, 0.3) is 0 Å². The number of piperidine rings is 1. The van der Waals surface area contributed by atoms with Crippen molar-refractivity contribution in [1.29, 1.82) is 0 Å². The predicted octanol–water partition coefficient (Wildman–Crippen LogP) is 2.37. The molecule has 0 spiro atoms. The highest BCUT2D eigenvalue weighted by Gasteiger charge is 2.29. The zero-order valence-electron chi connectivity index (χ0n) is 17.0. The molecule has 1 aromatic rings. The Labute approximate surface area is 178 Å². The van der Waals surface area contributed by atoms with Gasteiger partial charge in [-0.2, -0.15) is 0 Å². The van der Waals surface area contributed by atoms with Crippen molar-refractivity contribution >= 4 is 24.2 Å². The SMILES string of the molecule is COc1cc(C(=O)N2CCCC(C(=O)NCCN)C2)ccc1OC1CCCC1.Cl. The van der Waals surface area contributed by atoms with E-state index in [1.807, 2.05) is 6.07 Å². The Morgan fingerprint density at radius 3 is 2.62 bits per heavy atom. The first-order valence-electron chi connectivity index (χ1n) is 10.2. The van der Waals surface area contributed by atoms with Gasteiger partial charge in [0, 0.05) is 31.7 Å². The molecule has 1 aliphatic carbocycles. The number of hydrogen-bond donors (Lipinski definition) is 2. The first-order chi connectivity index (χ1) is 13.6. The van der Waals surface area contributed by atoms with Crippen LogP contribution in [-0.4, -0.2) is 56.1 Å². The highest BCUT2D eigenvalue weighted by Crippen LogP contribution is 2.33. The second-order valence-corrected chi connectivity index (χ2v) is 7.56. The first-order valence-corrected chi connectivity index (χ1v) is 10.2. The summed E-state index contributed by atoms with van der Waals surface area (Å²) in [7, 11) is 1.59. The van der Waals surface area contributed by atoms with Crippen LogP contribution in [0.2, 0.25) is 0 Å². The second kappa shape index (κ2) is 11.3. The summed E-state index contributed by atoms with van der Waals surface area (Å²) in [6, 6.07) is 5.34. The monoisotopic (exact) mass is 425 g/mol. The van der Waals surface area contributed by atoms with Crippen molar-refractivity contribution in [3.63, 3.8) is 0 Å². The minimum absolute atomic E-state index is 0. The van der Waals surface area contributed by atoms with Gasteiger partial charge < -0.3 is 25.4 Å². The highest BCUT2D eigenvalue weighted by molar-refractivity contribution is 5.95. The molecule has 0 bridgehead atoms. The number of likely N-dealkylation sites (tertiary alicyclic amines) is 1. The Bertz CT molecular complexity index is 695. The zero-order chi connectivity index (χ0) is 19.9. The predicted molar refractivity (Wildman–Crippen MR) is 114 cm³/mol. The van der Waals surface area contributed by atoms with Crippen LogP contribution in [0.15, 0.2) is 18.2 Å². The lowest BCUT2D eigenvalue weighted by molar-refractivity contribution is -0.126. The molecule has 8 heteroatoms. The fourth-order valence-electron chi connectivity index (χ4n) is 3.98. The van der Waals surface area contributed by atoms with Crippen LogP contribution in [0.3, 0.4) is 0 Å². The minimum atomic E-state index is -0.184. The fraction of sp³-hybridized carbons (Fsp3) is 0.619. The normalized spacial score (nSPS) is 19.4. The number of nitrogens with zero attached hydrogens (tertiary/aromatic N) is 1. The largest absolute Gasteiger partial charge is 0.493 e. The van der Waals surface area contributed by atoms with Gasteiger partial charge in [-0.25, -0.2) is 0 Å². The van der Waals surface area contributed by atoms with Crippen LogP contribution in [-0.2, 0) is 4.79 Å². The first kappa shape index (κ1) is 23.3. The Morgan fingerprint density at radius 1 is 1.17 bits per heavy atom. The molecule has 29 heavy (non-hydrogen) atoms. The maximum Gasteiger partial charge on any atom is 0.254 e. The topological polar surface area (TPSA) is 93.9 Å². The van der Waals surface area contributed by atoms with Gasteiger partial charge in [-0.3, -0.25) is 9.59 Å². The number of nitrogens with one attached hydrogen (secondary N) is 1. The summed E-state index contributed by atoms with van der Waals surface area (Å²) in [4.78, 5) is 27.0. The fourth-order valence-corrected chi connectivity index (χ4v) is 3.98. The third-order valence-electron chi connectivity index (χ3n) is 5.53. The molecule has 7 nitrogen and oxygen atoms in total. The van der Waals surface area contributed by atoms with E-state index in [4.69, 9.17) is 15.2 Å². The van der Waals surface area contributed by atoms with Crippen molar-refractivity contribution in [3.05, 3.63) is 23.8 Å². The zero-order valence-corrected chi connectivity index (χ0v) is 17.8. The Morgan fingerprint density at radius 2 is 1.93 bits per heavy atom. The van der Waals surface area contributed by atoms with Crippen LogP contribution < -0.4 is 20.5 Å². The molecule has 3 rings (SSSR count). The van der Waals surface area contributed by atoms with Crippen molar-refractivity contribution in [2.45, 2.75) is 44.6 Å². The number of amides is 2. The van der Waals surface area contributed by atoms with Crippen molar-refractivity contribution in [3.8, 4) is 11.5 Å². The summed E-state index contributed by atoms with van der Waals surface area (Å²) < 4.78 is 11.5. The smallest absolute Gasteiger partial charge is 0.254 e. The van der Waals surface area contributed by atoms with Crippen LogP contribution >= 0.6 is 12.4 Å². The van der Waals surface area contributed by atoms with E-state index in [9.17, 15) is 9.59 Å². The van der Waals surface area contributed by atoms with Crippen molar-refractivity contribution < 1.29 is 19.1 Å². The minimum Gasteiger partial charge on any atom is -0.493 e. The Balaban J connectivity index is 0.00000300. The lowest BCUT2D eigenvalue weighted by Crippen LogP contribution is -2.46. The number of halogens is 1. The number of carbonyl (C=O) groups excluding carboxylic acids is 2. The Hall–Kier alpha value is -1.99. The van der Waals surface area contributed by atoms with E-state index in [-0.39, 0.29) is 36.2 Å². The maximum atomic E-state index is 13.0. The van der Waals surface area contributed by atoms with Crippen LogP contribution in [0.5, 0.6) is 11.5 Å². The molecule has 1 unspecified atom stereocenters. The van der Waals surface area contributed by atoms with Gasteiger partial charge in [0.25, 0.3) is 5.91 Å². The third-order valence-corrected chi connectivity index (χ3v) is 5.53. The van der Waals surface area contributed by atoms with Gasteiger partial charge in [0.15, 0.2) is 11.5 Å². The number of ether oxygens (including phenoxy) is 2. The summed E-state index contributed by atoms with van der Waals surface area (Å²) in [5.41, 5.74) is 6.00. The molecule has 1 saturated heterocycles. The summed E-state index contributed by atoms with van der Waals surface area (Å²) >= 11 is 0. The maximum absolute atomic E-state index is 13.0. The van der Waals surface area contributed by atoms with Gasteiger partial charge in [0.2, 0.25) is 5.91 Å². The van der Waals surface area contributed by atoms with E-state index in [2.05, 4.69) is 5.32 Å². The van der Waals surface area contributed by atoms with Gasteiger partial charge >= 0.3 is 0 Å². The van der Waals surface area contributed by atoms with Gasteiger partial charge in [-0.15, -0.1) is 12.4 Å². The molecule has 162 valence electrons. The average Bonchev–Trinajstić information content (AvgIpc) is 3.25. The molecule has 1 heterocycles. The Kier molecular flexibility index (Phi) is 9.04. The van der Waals surface area contributed by atoms with Crippen LogP contribution in [0.1, 0.15) is 48.9 Å². The quantitative estimate of drug-likeness (QED) is 0.699. The van der Waals surface area contributed by atoms with Crippen molar-refractivity contribution in [1.82, 2.24) is 10.2 Å². The number of methoxy groups -OCH3 is 1. The summed E-state index contributed by atoms with van der Waals surface area (Å²) in [6.07, 6.45) is 6.34. The van der Waals surface area contributed by atoms with Gasteiger partial charge in [-0.05, 0) is 56.7 Å². The average molecular weight is 426 g/mol. The highest BCUT2D eigenvalue weighted by atomic mass is 35.5. The van der Waals surface area contributed by atoms with E-state index in [1.165, 1.54) is 12.8 Å². The van der Waals surface area contributed by atoms with E-state index < -0.39 is 0 Å². The molecular formula is C21H32ClN3O4. The number of benzene rings is 1. The molecule has 2 amide bonds. The van der Waals surface area contributed by atoms with E-state index in [0.29, 0.717) is 43.2 Å². The number of rotatable bonds is 7. The molecule has 2 aliphatic rings. The third kappa shape index (κ3) is 6.00. The molecule has 0 aromatic heterocycles. The summed E-state index contributed by atoms with van der Waals surface area (Å²) in [5, 5.41) is 2.82. The second-order valence-electron chi connectivity index (χ2n) is 7.56. The molecule has 1 atom stereocenters. The summed E-state index contributed by atoms with van der Waals surface area (Å²) in [5.74, 6) is 0.967. The van der Waals surface area contributed by atoms with Gasteiger partial charge in [0.05, 0.1) is 19.1 Å². The molecular weight excluding hydrogens is 394 g/mol. The number of hydrogen-bond acceptors (Lipinski definition) is 5. The van der Waals surface area contributed by atoms with Crippen LogP contribution in [0.4, 0.5) is 0 Å². The number of carbonyl (C=O) groups is 2. The molecule has 0 radical (unpaired) electrons. The van der Waals surface area contributed by atoms with Crippen LogP contribution in [0, 0.1) is 5.92 Å². The van der Waals surface area contributed by atoms with Gasteiger partial charge in [0.1, 0.15) is 0 Å². The van der Waals surface area contributed by atoms with E-state index >= 15 is 0 Å². The van der Waals surface area contributed by atoms with Gasteiger partial charge in [-0.1, -0.05) is 0 Å². The van der Waals surface area contributed by atoms with E-state index in [0.717, 1.165) is 25.7 Å². The molecule has 3 N–H and O–H groups in total. The van der Waals surface area contributed by atoms with Crippen molar-refractivity contribution in [2.24, 2.45) is 11.7 Å². The lowest BCUT2D eigenvalue weighted by Gasteiger charge is -2.32. The summed E-state index contributed by atoms with van der Waals surface area (Å²) in [6.45, 7) is 1.96. The molecule has 1 saturated carbocycles. The van der Waals surface area contributed by atoms with Crippen molar-refractivity contribution in [2.75, 3.05) is 33.3 Å². The lowest BCUT2D eigenvalue weighted by atomic mass is 9.96. The molecule has 1 aliphatic heterocycles. The standard InChI is InChI=1S/C21H31N3O4.ClH/c1-27-19-13-15(8-9-18(19)28-17-6-2-3-7-17)21(26)24-12-4-5-16(14-24)20(25)23-11-10-22;/h8-9,13,16-17H,2-7,10-12,14,22H2,1H3,(H,23,25);1H. The number of nitrogens with two attached hydrogens (primary N) is 1.